The fourth-order valence-electron chi connectivity index (χ4n) is 13.1. The normalized spacial score (nSPS) is 10.1. The summed E-state index contributed by atoms with van der Waals surface area (Å²) in [5, 5.41) is 0. The summed E-state index contributed by atoms with van der Waals surface area (Å²) in [6.07, 6.45) is 19.7. The predicted octanol–water partition coefficient (Wildman–Crippen LogP) is 26.1. The molecule has 0 aliphatic heterocycles. The van der Waals surface area contributed by atoms with Crippen molar-refractivity contribution in [2.45, 2.75) is 220 Å². The average Bonchev–Trinajstić information content (AvgIpc) is 1.62. The van der Waals surface area contributed by atoms with E-state index in [9.17, 15) is 0 Å². The second kappa shape index (κ2) is 53.0. The number of rotatable bonds is 4. The van der Waals surface area contributed by atoms with Crippen LogP contribution < -0.4 is 18.3 Å². The number of hydrogen-bond acceptors (Lipinski definition) is 4. The van der Waals surface area contributed by atoms with E-state index in [2.05, 4.69) is 264 Å². The van der Waals surface area contributed by atoms with Crippen molar-refractivity contribution in [2.75, 3.05) is 0 Å². The molecule has 0 radical (unpaired) electrons. The van der Waals surface area contributed by atoms with E-state index in [1.807, 2.05) is 215 Å². The van der Waals surface area contributed by atoms with Crippen LogP contribution in [0.5, 0.6) is 0 Å². The molecule has 0 amide bonds. The summed E-state index contributed by atoms with van der Waals surface area (Å²) < 4.78 is 8.70. The second-order valence-electron chi connectivity index (χ2n) is 22.7. The Labute approximate surface area is 658 Å². The number of pyridine rings is 8. The summed E-state index contributed by atoms with van der Waals surface area (Å²) in [5.41, 5.74) is 36.5. The van der Waals surface area contributed by atoms with Crippen molar-refractivity contribution < 1.29 is 18.3 Å². The molecule has 576 valence electrons. The van der Waals surface area contributed by atoms with Gasteiger partial charge in [0.25, 0.3) is 0 Å². The molecule has 4 aliphatic rings. The monoisotopic (exact) mass is 1450 g/mol. The molecule has 0 saturated heterocycles. The van der Waals surface area contributed by atoms with Crippen molar-refractivity contribution in [1.82, 2.24) is 19.9 Å². The number of aromatic nitrogens is 8. The van der Waals surface area contributed by atoms with Crippen LogP contribution in [0.15, 0.2) is 219 Å². The summed E-state index contributed by atoms with van der Waals surface area (Å²) in [7, 11) is 8.38. The lowest BCUT2D eigenvalue weighted by Gasteiger charge is -2.10. The number of nitrogens with zero attached hydrogens (tertiary/aromatic N) is 8. The molecule has 0 fully saturated rings. The number of hydrogen-bond donors (Lipinski definition) is 0. The van der Waals surface area contributed by atoms with E-state index in [1.165, 1.54) is 157 Å². The van der Waals surface area contributed by atoms with Gasteiger partial charge in [0.2, 0.25) is 22.8 Å². The maximum atomic E-state index is 4.53. The Morgan fingerprint density at radius 2 is 0.528 bits per heavy atom. The van der Waals surface area contributed by atoms with Gasteiger partial charge in [-0.15, -0.1) is 0 Å². The highest BCUT2D eigenvalue weighted by Crippen LogP contribution is 2.44. The van der Waals surface area contributed by atoms with Crippen LogP contribution in [0, 0.1) is 27.7 Å². The van der Waals surface area contributed by atoms with Gasteiger partial charge in [0.1, 0.15) is 28.2 Å². The van der Waals surface area contributed by atoms with Crippen molar-refractivity contribution in [1.29, 1.82) is 0 Å². The maximum absolute atomic E-state index is 4.53. The number of aryl methyl sites for hydroxylation is 6. The highest BCUT2D eigenvalue weighted by atomic mass is 14.9. The highest BCUT2D eigenvalue weighted by Gasteiger charge is 2.28. The zero-order valence-corrected chi connectivity index (χ0v) is 73.2. The molecule has 0 unspecified atom stereocenters. The van der Waals surface area contributed by atoms with Crippen molar-refractivity contribution in [3.8, 4) is 89.5 Å². The quantitative estimate of drug-likeness (QED) is 0.165. The van der Waals surface area contributed by atoms with Crippen LogP contribution in [-0.4, -0.2) is 19.9 Å². The Morgan fingerprint density at radius 3 is 0.935 bits per heavy atom. The zero-order chi connectivity index (χ0) is 81.6. The number of fused-ring (bicyclic) bond motifs is 12. The fraction of sp³-hybridized carbons (Fsp3) is 0.360. The number of benzene rings is 4. The van der Waals surface area contributed by atoms with Crippen LogP contribution in [0.2, 0.25) is 0 Å². The highest BCUT2D eigenvalue weighted by molar-refractivity contribution is 5.85. The molecular weight excluding hydrogens is 1310 g/mol. The summed E-state index contributed by atoms with van der Waals surface area (Å²) in [4.78, 5) is 18.1. The minimum Gasteiger partial charge on any atom is -0.260 e. The summed E-state index contributed by atoms with van der Waals surface area (Å²) in [6, 6.07) is 60.4. The van der Waals surface area contributed by atoms with E-state index >= 15 is 0 Å². The maximum Gasteiger partial charge on any atom is 0.212 e. The molecule has 8 heterocycles. The van der Waals surface area contributed by atoms with Crippen molar-refractivity contribution >= 4 is 0 Å². The minimum atomic E-state index is 0.940. The Balaban J connectivity index is 0.000000657. The molecule has 16 rings (SSSR count). The van der Waals surface area contributed by atoms with Gasteiger partial charge in [-0.25, -0.2) is 18.3 Å². The SMILES string of the molecule is CC.CC.CC.CC.CC.CC.CC.CC.CC.CC.CC.CC.Cc1c(-c2cccc[n+]2C)ccc2c1-c1cccnc1C2.Cc1c(-c2cccc[n+]2C)ccc2c1Cc1ncccc1-2.Cc1cc2c(cc1-c1cccc[n+]1C)-c1cccnc1C2.Cc1cc2c(cc1-c1cccc[n+]1C)Cc1ncccc1-2. The molecule has 0 spiro atoms. The van der Waals surface area contributed by atoms with Gasteiger partial charge >= 0.3 is 0 Å². The average molecular weight is 1450 g/mol. The molecule has 12 aromatic rings. The smallest absolute Gasteiger partial charge is 0.212 e. The molecule has 8 heteroatoms. The van der Waals surface area contributed by atoms with Crippen LogP contribution >= 0.6 is 0 Å². The van der Waals surface area contributed by atoms with E-state index in [0.717, 1.165) is 25.7 Å². The molecule has 0 N–H and O–H groups in total. The van der Waals surface area contributed by atoms with Crippen molar-refractivity contribution in [2.24, 2.45) is 28.2 Å². The predicted molar refractivity (Wildman–Crippen MR) is 471 cm³/mol. The first kappa shape index (κ1) is 96.1. The first-order valence-corrected chi connectivity index (χ1v) is 41.1. The van der Waals surface area contributed by atoms with Gasteiger partial charge in [-0.3, -0.25) is 19.9 Å². The lowest BCUT2D eigenvalue weighted by Crippen LogP contribution is -2.30. The first-order valence-electron chi connectivity index (χ1n) is 41.1. The summed E-state index contributed by atoms with van der Waals surface area (Å²) in [5.74, 6) is 0. The molecule has 0 saturated carbocycles. The standard InChI is InChI=1S/4C19H17N2.12C2H6/c1-13-14(19-7-3-4-11-21(19)2)8-9-15-16-6-5-10-20-18(16)12-17(13)15;1-13-15(18-7-3-4-11-21(18)2)9-8-14-12-17-16(19(13)14)6-5-10-20-17;1-13-10-17-14(12-18-15(17)6-5-8-20-18)11-16(13)19-7-3-4-9-21(19)2;1-13-10-14-11-18-15(6-5-8-20-18)17(14)12-16(13)19-7-3-4-9-21(19)2;12*1-2/h3*3-11H,12H2,1-2H3;3-10,12H,11H2,1-2H3;12*1-2H3/q4*+1;;;;;;;;;;;;. The Bertz CT molecular complexity index is 4460. The van der Waals surface area contributed by atoms with Gasteiger partial charge in [0, 0.05) is 144 Å². The van der Waals surface area contributed by atoms with Crippen LogP contribution in [0.1, 0.15) is 233 Å². The lowest BCUT2D eigenvalue weighted by molar-refractivity contribution is -0.660. The molecule has 0 atom stereocenters. The van der Waals surface area contributed by atoms with Gasteiger partial charge in [0.15, 0.2) is 24.8 Å². The zero-order valence-electron chi connectivity index (χ0n) is 73.2. The molecule has 0 bridgehead atoms. The van der Waals surface area contributed by atoms with Crippen LogP contribution in [-0.2, 0) is 53.9 Å². The first-order chi connectivity index (χ1) is 53.0. The van der Waals surface area contributed by atoms with Crippen LogP contribution in [0.25, 0.3) is 89.5 Å². The van der Waals surface area contributed by atoms with Gasteiger partial charge in [-0.05, 0) is 167 Å². The van der Waals surface area contributed by atoms with E-state index in [0.29, 0.717) is 0 Å². The molecule has 8 aromatic heterocycles. The summed E-state index contributed by atoms with van der Waals surface area (Å²) >= 11 is 0. The van der Waals surface area contributed by atoms with Gasteiger partial charge in [0.05, 0.1) is 22.8 Å². The third-order valence-electron chi connectivity index (χ3n) is 17.5. The fourth-order valence-corrected chi connectivity index (χ4v) is 13.1. The van der Waals surface area contributed by atoms with Gasteiger partial charge in [-0.1, -0.05) is 215 Å². The third-order valence-corrected chi connectivity index (χ3v) is 17.5. The Kier molecular flexibility index (Phi) is 47.1. The van der Waals surface area contributed by atoms with Gasteiger partial charge < -0.3 is 0 Å². The van der Waals surface area contributed by atoms with E-state index < -0.39 is 0 Å². The molecule has 4 aromatic carbocycles. The van der Waals surface area contributed by atoms with Crippen LogP contribution in [0.3, 0.4) is 0 Å². The molecule has 4 aliphatic carbocycles. The van der Waals surface area contributed by atoms with Crippen molar-refractivity contribution in [3.05, 3.63) is 287 Å². The largest absolute Gasteiger partial charge is 0.260 e. The van der Waals surface area contributed by atoms with E-state index in [-0.39, 0.29) is 0 Å². The molecule has 108 heavy (non-hydrogen) atoms. The van der Waals surface area contributed by atoms with Gasteiger partial charge in [-0.2, -0.15) is 0 Å². The molecular formula is C100H140N8+4. The minimum absolute atomic E-state index is 0.940. The van der Waals surface area contributed by atoms with Crippen molar-refractivity contribution in [3.63, 3.8) is 0 Å². The Hall–Kier alpha value is -9.92. The lowest BCUT2D eigenvalue weighted by atomic mass is 9.94. The molecule has 8 nitrogen and oxygen atoms in total. The summed E-state index contributed by atoms with van der Waals surface area (Å²) in [6.45, 7) is 56.8. The van der Waals surface area contributed by atoms with E-state index in [1.54, 1.807) is 0 Å². The third kappa shape index (κ3) is 23.5. The van der Waals surface area contributed by atoms with Crippen LogP contribution in [0.4, 0.5) is 0 Å². The Morgan fingerprint density at radius 1 is 0.231 bits per heavy atom. The van der Waals surface area contributed by atoms with E-state index in [4.69, 9.17) is 0 Å². The topological polar surface area (TPSA) is 67.1 Å². The second-order valence-corrected chi connectivity index (χ2v) is 22.7.